The van der Waals surface area contributed by atoms with E-state index < -0.39 is 31.0 Å². The number of hydrogen-bond donors (Lipinski definition) is 1. The molecule has 0 atom stereocenters. The summed E-state index contributed by atoms with van der Waals surface area (Å²) in [5.41, 5.74) is -5.56. The minimum atomic E-state index is -5.68. The summed E-state index contributed by atoms with van der Waals surface area (Å²) in [4.78, 5) is 9.38. The molecule has 0 unspecified atom stereocenters. The van der Waals surface area contributed by atoms with E-state index in [1.165, 1.54) is 0 Å². The predicted molar refractivity (Wildman–Crippen MR) is 40.7 cm³/mol. The molecular weight excluding hydrogens is 241 g/mol. The second kappa shape index (κ2) is 3.22. The van der Waals surface area contributed by atoms with Gasteiger partial charge in [-0.1, -0.05) is 0 Å². The highest BCUT2D eigenvalue weighted by Crippen LogP contribution is 2.34. The molecular formula is C5H3F3N2O4S. The van der Waals surface area contributed by atoms with Gasteiger partial charge in [0.15, 0.2) is 4.90 Å². The molecule has 0 aromatic carbocycles. The number of nitrogens with one attached hydrogen (secondary N) is 1. The number of sulfone groups is 1. The Bertz CT molecular complexity index is 489. The van der Waals surface area contributed by atoms with Gasteiger partial charge in [-0.15, -0.1) is 0 Å². The first-order valence-electron chi connectivity index (χ1n) is 3.31. The van der Waals surface area contributed by atoms with Gasteiger partial charge in [0.2, 0.25) is 0 Å². The van der Waals surface area contributed by atoms with Crippen LogP contribution in [0.15, 0.2) is 17.2 Å². The van der Waals surface area contributed by atoms with Gasteiger partial charge in [0.05, 0.1) is 6.20 Å². The molecule has 0 aliphatic carbocycles. The van der Waals surface area contributed by atoms with Crippen molar-refractivity contribution in [3.05, 3.63) is 22.4 Å². The number of rotatable bonds is 2. The largest absolute Gasteiger partial charge is 0.502 e. The topological polar surface area (TPSA) is 93.1 Å². The fourth-order valence-electron chi connectivity index (χ4n) is 0.831. The molecule has 84 valence electrons. The molecule has 0 fully saturated rings. The molecule has 1 aromatic rings. The molecule has 6 nitrogen and oxygen atoms in total. The molecule has 1 N–H and O–H groups in total. The summed E-state index contributed by atoms with van der Waals surface area (Å²) in [7, 11) is -5.68. The van der Waals surface area contributed by atoms with Gasteiger partial charge in [0.25, 0.3) is 9.84 Å². The van der Waals surface area contributed by atoms with Crippen LogP contribution in [-0.4, -0.2) is 23.8 Å². The maximum atomic E-state index is 12.0. The zero-order chi connectivity index (χ0) is 11.9. The summed E-state index contributed by atoms with van der Waals surface area (Å²) in [5.74, 6) is -1.20. The number of halogens is 3. The number of H-pyrrole nitrogens is 1. The van der Waals surface area contributed by atoms with E-state index in [2.05, 4.69) is 0 Å². The summed E-state index contributed by atoms with van der Waals surface area (Å²) >= 11 is 0. The first kappa shape index (κ1) is 11.5. The quantitative estimate of drug-likeness (QED) is 0.625. The summed E-state index contributed by atoms with van der Waals surface area (Å²) < 4.78 is 57.6. The monoisotopic (exact) mass is 244 g/mol. The molecule has 10 heteroatoms. The number of hydrogen-bond acceptors (Lipinski definition) is 4. The second-order valence-electron chi connectivity index (χ2n) is 2.40. The predicted octanol–water partition coefficient (Wildman–Crippen LogP) is 1.22. The molecule has 0 radical (unpaired) electrons. The van der Waals surface area contributed by atoms with Gasteiger partial charge in [-0.25, -0.2) is 13.4 Å². The van der Waals surface area contributed by atoms with Crippen LogP contribution in [0.2, 0.25) is 0 Å². The van der Waals surface area contributed by atoms with Gasteiger partial charge in [-0.05, 0) is 4.92 Å². The van der Waals surface area contributed by atoms with Crippen LogP contribution in [0.4, 0.5) is 19.0 Å². The molecule has 0 saturated carbocycles. The summed E-state index contributed by atoms with van der Waals surface area (Å²) in [6.45, 7) is 0. The van der Waals surface area contributed by atoms with Crippen LogP contribution in [0.5, 0.6) is 0 Å². The Morgan fingerprint density at radius 3 is 2.33 bits per heavy atom. The van der Waals surface area contributed by atoms with Crippen LogP contribution in [0, 0.1) is 10.1 Å². The van der Waals surface area contributed by atoms with Crippen molar-refractivity contribution < 1.29 is 26.5 Å². The Kier molecular flexibility index (Phi) is 2.47. The zero-order valence-electron chi connectivity index (χ0n) is 6.78. The van der Waals surface area contributed by atoms with E-state index in [9.17, 15) is 31.7 Å². The highest BCUT2D eigenvalue weighted by molar-refractivity contribution is 7.92. The van der Waals surface area contributed by atoms with Crippen LogP contribution in [0.1, 0.15) is 0 Å². The van der Waals surface area contributed by atoms with Crippen LogP contribution in [-0.2, 0) is 9.84 Å². The molecule has 1 rings (SSSR count). The van der Waals surface area contributed by atoms with Crippen molar-refractivity contribution in [1.29, 1.82) is 0 Å². The van der Waals surface area contributed by atoms with Crippen LogP contribution >= 0.6 is 0 Å². The fourth-order valence-corrected chi connectivity index (χ4v) is 1.72. The Hall–Kier alpha value is -1.58. The minimum Gasteiger partial charge on any atom is -0.358 e. The van der Waals surface area contributed by atoms with E-state index in [4.69, 9.17) is 0 Å². The normalized spacial score (nSPS) is 12.7. The third-order valence-electron chi connectivity index (χ3n) is 1.46. The summed E-state index contributed by atoms with van der Waals surface area (Å²) in [5, 5.41) is 10.2. The van der Waals surface area contributed by atoms with Crippen LogP contribution in [0.25, 0.3) is 0 Å². The van der Waals surface area contributed by atoms with Gasteiger partial charge < -0.3 is 10.1 Å². The smallest absolute Gasteiger partial charge is 0.358 e. The van der Waals surface area contributed by atoms with Crippen molar-refractivity contribution in [3.63, 3.8) is 0 Å². The molecule has 0 aliphatic heterocycles. The average Bonchev–Trinajstić information content (AvgIpc) is 2.48. The average molecular weight is 244 g/mol. The SMILES string of the molecule is O=[N+]([O-])c1[nH]ccc1S(=O)(=O)C(F)(F)F. The Labute approximate surface area is 80.8 Å². The van der Waals surface area contributed by atoms with Crippen molar-refractivity contribution >= 4 is 15.7 Å². The standard InChI is InChI=1S/C5H3F3N2O4S/c6-5(7,8)15(13,14)3-1-2-9-4(3)10(11)12/h1-2,9H. The van der Waals surface area contributed by atoms with Gasteiger partial charge in [0, 0.05) is 6.07 Å². The Morgan fingerprint density at radius 2 is 1.93 bits per heavy atom. The van der Waals surface area contributed by atoms with Gasteiger partial charge in [-0.2, -0.15) is 13.2 Å². The van der Waals surface area contributed by atoms with E-state index in [1.54, 1.807) is 4.98 Å². The van der Waals surface area contributed by atoms with Crippen LogP contribution in [0.3, 0.4) is 0 Å². The number of aromatic amines is 1. The van der Waals surface area contributed by atoms with Crippen molar-refractivity contribution in [2.45, 2.75) is 10.4 Å². The third-order valence-corrected chi connectivity index (χ3v) is 2.98. The van der Waals surface area contributed by atoms with E-state index in [0.717, 1.165) is 6.20 Å². The summed E-state index contributed by atoms with van der Waals surface area (Å²) in [6.07, 6.45) is 0.747. The molecule has 0 bridgehead atoms. The Balaban J connectivity index is 3.42. The lowest BCUT2D eigenvalue weighted by Crippen LogP contribution is -2.23. The fraction of sp³-hybridized carbons (Fsp3) is 0.200. The molecule has 0 saturated heterocycles. The number of alkyl halides is 3. The zero-order valence-corrected chi connectivity index (χ0v) is 7.59. The lowest BCUT2D eigenvalue weighted by Gasteiger charge is -2.05. The lowest BCUT2D eigenvalue weighted by molar-refractivity contribution is -0.392. The van der Waals surface area contributed by atoms with Crippen molar-refractivity contribution in [2.75, 3.05) is 0 Å². The minimum absolute atomic E-state index is 0.487. The van der Waals surface area contributed by atoms with E-state index in [1.807, 2.05) is 0 Å². The number of nitrogens with zero attached hydrogens (tertiary/aromatic N) is 1. The molecule has 0 amide bonds. The van der Waals surface area contributed by atoms with Crippen molar-refractivity contribution in [1.82, 2.24) is 4.98 Å². The number of nitro groups is 1. The van der Waals surface area contributed by atoms with E-state index in [0.29, 0.717) is 6.07 Å². The van der Waals surface area contributed by atoms with E-state index >= 15 is 0 Å². The first-order chi connectivity index (χ1) is 6.68. The highest BCUT2D eigenvalue weighted by atomic mass is 32.2. The van der Waals surface area contributed by atoms with Gasteiger partial charge in [-0.3, -0.25) is 0 Å². The molecule has 0 aliphatic rings. The molecule has 0 spiro atoms. The second-order valence-corrected chi connectivity index (χ2v) is 4.31. The van der Waals surface area contributed by atoms with Gasteiger partial charge >= 0.3 is 11.3 Å². The highest BCUT2D eigenvalue weighted by Gasteiger charge is 2.50. The van der Waals surface area contributed by atoms with Crippen molar-refractivity contribution in [3.8, 4) is 0 Å². The maximum Gasteiger partial charge on any atom is 0.502 e. The Morgan fingerprint density at radius 1 is 1.40 bits per heavy atom. The van der Waals surface area contributed by atoms with E-state index in [-0.39, 0.29) is 0 Å². The lowest BCUT2D eigenvalue weighted by atomic mass is 10.6. The first-order valence-corrected chi connectivity index (χ1v) is 4.79. The van der Waals surface area contributed by atoms with Gasteiger partial charge in [0.1, 0.15) is 0 Å². The molecule has 1 aromatic heterocycles. The summed E-state index contributed by atoms with van der Waals surface area (Å²) in [6, 6.07) is 0.487. The molecule has 1 heterocycles. The van der Waals surface area contributed by atoms with Crippen molar-refractivity contribution in [2.24, 2.45) is 0 Å². The number of aromatic nitrogens is 1. The maximum absolute atomic E-state index is 12.0. The third kappa shape index (κ3) is 1.79. The molecule has 15 heavy (non-hydrogen) atoms. The van der Waals surface area contributed by atoms with Crippen LogP contribution < -0.4 is 0 Å².